The molecule has 4 aromatic rings. The van der Waals surface area contributed by atoms with E-state index in [-0.39, 0.29) is 11.9 Å². The van der Waals surface area contributed by atoms with E-state index in [1.165, 1.54) is 6.07 Å². The topological polar surface area (TPSA) is 90.1 Å². The number of fused-ring (bicyclic) bond motifs is 3. The van der Waals surface area contributed by atoms with Gasteiger partial charge in [-0.3, -0.25) is 15.0 Å². The first-order valence-electron chi connectivity index (χ1n) is 13.5. The van der Waals surface area contributed by atoms with Crippen LogP contribution in [0, 0.1) is 5.82 Å². The van der Waals surface area contributed by atoms with Crippen LogP contribution < -0.4 is 19.7 Å². The average Bonchev–Trinajstić information content (AvgIpc) is 3.35. The number of aromatic amines is 1. The van der Waals surface area contributed by atoms with E-state index in [0.29, 0.717) is 18.7 Å². The highest BCUT2D eigenvalue weighted by Crippen LogP contribution is 2.38. The van der Waals surface area contributed by atoms with E-state index < -0.39 is 12.0 Å². The lowest BCUT2D eigenvalue weighted by molar-refractivity contribution is -0.139. The summed E-state index contributed by atoms with van der Waals surface area (Å²) in [4.78, 5) is 20.1. The number of para-hydroxylation sites is 1. The van der Waals surface area contributed by atoms with Crippen molar-refractivity contribution in [2.24, 2.45) is 0 Å². The molecule has 2 aliphatic rings. The summed E-state index contributed by atoms with van der Waals surface area (Å²) < 4.78 is 25.5. The SMILES string of the molecule is COc1ccc2[nH]c3c(c2c1)CC(C(=O)O)NC3c1ccc(OC)c(CN2CCN(c3ccccc3F)CC2)c1. The number of nitrogens with zero attached hydrogens (tertiary/aromatic N) is 2. The Labute approximate surface area is 232 Å². The summed E-state index contributed by atoms with van der Waals surface area (Å²) in [6.07, 6.45) is 0.379. The number of carboxylic acids is 1. The van der Waals surface area contributed by atoms with Gasteiger partial charge in [0.2, 0.25) is 0 Å². The summed E-state index contributed by atoms with van der Waals surface area (Å²) >= 11 is 0. The number of ether oxygens (including phenoxy) is 2. The largest absolute Gasteiger partial charge is 0.497 e. The van der Waals surface area contributed by atoms with Crippen LogP contribution in [0.5, 0.6) is 11.5 Å². The number of rotatable bonds is 7. The summed E-state index contributed by atoms with van der Waals surface area (Å²) in [7, 11) is 3.29. The summed E-state index contributed by atoms with van der Waals surface area (Å²) in [5, 5.41) is 14.3. The first-order valence-corrected chi connectivity index (χ1v) is 13.5. The number of anilines is 1. The highest BCUT2D eigenvalue weighted by molar-refractivity contribution is 5.88. The number of aromatic nitrogens is 1. The number of aliphatic carboxylic acids is 1. The van der Waals surface area contributed by atoms with Gasteiger partial charge in [0, 0.05) is 61.3 Å². The van der Waals surface area contributed by atoms with Crippen molar-refractivity contribution < 1.29 is 23.8 Å². The lowest BCUT2D eigenvalue weighted by atomic mass is 9.89. The number of carboxylic acid groups (broad SMARTS) is 1. The fraction of sp³-hybridized carbons (Fsp3) is 0.323. The molecule has 0 radical (unpaired) electrons. The number of H-pyrrole nitrogens is 1. The molecule has 0 amide bonds. The third-order valence-electron chi connectivity index (χ3n) is 8.11. The smallest absolute Gasteiger partial charge is 0.321 e. The third-order valence-corrected chi connectivity index (χ3v) is 8.11. The van der Waals surface area contributed by atoms with Crippen molar-refractivity contribution in [1.82, 2.24) is 15.2 Å². The van der Waals surface area contributed by atoms with Gasteiger partial charge in [0.25, 0.3) is 0 Å². The molecule has 9 heteroatoms. The zero-order valence-electron chi connectivity index (χ0n) is 22.6. The minimum Gasteiger partial charge on any atom is -0.497 e. The fourth-order valence-corrected chi connectivity index (χ4v) is 6.01. The molecule has 1 aromatic heterocycles. The molecule has 0 bridgehead atoms. The number of carbonyl (C=O) groups is 1. The summed E-state index contributed by atoms with van der Waals surface area (Å²) in [5.41, 5.74) is 5.54. The van der Waals surface area contributed by atoms with Gasteiger partial charge >= 0.3 is 5.97 Å². The second-order valence-electron chi connectivity index (χ2n) is 10.4. The molecule has 2 aliphatic heterocycles. The number of halogens is 1. The number of benzene rings is 3. The maximum Gasteiger partial charge on any atom is 0.321 e. The van der Waals surface area contributed by atoms with Crippen molar-refractivity contribution in [3.8, 4) is 11.5 Å². The van der Waals surface area contributed by atoms with Crippen molar-refractivity contribution in [3.63, 3.8) is 0 Å². The Balaban J connectivity index is 1.28. The first kappa shape index (κ1) is 26.2. The Morgan fingerprint density at radius 3 is 2.55 bits per heavy atom. The molecule has 1 fully saturated rings. The normalized spacial score (nSPS) is 19.4. The van der Waals surface area contributed by atoms with E-state index in [1.807, 2.05) is 42.5 Å². The summed E-state index contributed by atoms with van der Waals surface area (Å²) in [5.74, 6) is 0.444. The molecule has 2 unspecified atom stereocenters. The quantitative estimate of drug-likeness (QED) is 0.319. The van der Waals surface area contributed by atoms with Crippen molar-refractivity contribution in [2.45, 2.75) is 25.0 Å². The van der Waals surface area contributed by atoms with Crippen LogP contribution in [0.1, 0.15) is 28.4 Å². The minimum atomic E-state index is -0.880. The molecule has 3 N–H and O–H groups in total. The summed E-state index contributed by atoms with van der Waals surface area (Å²) in [6.45, 7) is 3.72. The zero-order valence-corrected chi connectivity index (χ0v) is 22.6. The number of hydrogen-bond acceptors (Lipinski definition) is 6. The predicted octanol–water partition coefficient (Wildman–Crippen LogP) is 4.33. The molecule has 0 spiro atoms. The van der Waals surface area contributed by atoms with Crippen LogP contribution in [0.2, 0.25) is 0 Å². The number of hydrogen-bond donors (Lipinski definition) is 3. The molecular weight excluding hydrogens is 511 g/mol. The van der Waals surface area contributed by atoms with Crippen molar-refractivity contribution in [1.29, 1.82) is 0 Å². The molecule has 2 atom stereocenters. The Kier molecular flexibility index (Phi) is 7.08. The zero-order chi connectivity index (χ0) is 27.8. The lowest BCUT2D eigenvalue weighted by Gasteiger charge is -2.36. The number of nitrogens with one attached hydrogen (secondary N) is 2. The van der Waals surface area contributed by atoms with Crippen LogP contribution in [0.15, 0.2) is 60.7 Å². The Morgan fingerprint density at radius 1 is 1.02 bits per heavy atom. The van der Waals surface area contributed by atoms with Gasteiger partial charge in [-0.15, -0.1) is 0 Å². The Morgan fingerprint density at radius 2 is 1.82 bits per heavy atom. The van der Waals surface area contributed by atoms with Crippen LogP contribution in [0.25, 0.3) is 10.9 Å². The van der Waals surface area contributed by atoms with Gasteiger partial charge in [-0.2, -0.15) is 0 Å². The molecule has 3 heterocycles. The maximum atomic E-state index is 14.3. The maximum absolute atomic E-state index is 14.3. The van der Waals surface area contributed by atoms with E-state index in [4.69, 9.17) is 9.47 Å². The standard InChI is InChI=1S/C31H33FN4O4/c1-39-21-8-9-25-22(16-21)23-17-26(31(37)38)34-29(30(23)33-25)19-7-10-28(40-2)20(15-19)18-35-11-13-36(14-12-35)27-6-4-3-5-24(27)32/h3-10,15-16,26,29,33-34H,11-14,17-18H2,1-2H3,(H,37,38). The molecule has 3 aromatic carbocycles. The van der Waals surface area contributed by atoms with Crippen molar-refractivity contribution >= 4 is 22.6 Å². The van der Waals surface area contributed by atoms with Crippen LogP contribution in [0.4, 0.5) is 10.1 Å². The summed E-state index contributed by atoms with van der Waals surface area (Å²) in [6, 6.07) is 17.8. The third kappa shape index (κ3) is 4.87. The van der Waals surface area contributed by atoms with Gasteiger partial charge in [-0.25, -0.2) is 4.39 Å². The fourth-order valence-electron chi connectivity index (χ4n) is 6.01. The monoisotopic (exact) mass is 544 g/mol. The molecule has 0 saturated carbocycles. The molecule has 208 valence electrons. The molecular formula is C31H33FN4O4. The van der Waals surface area contributed by atoms with Crippen LogP contribution in [-0.4, -0.2) is 67.4 Å². The van der Waals surface area contributed by atoms with Crippen LogP contribution in [0.3, 0.4) is 0 Å². The van der Waals surface area contributed by atoms with Gasteiger partial charge in [-0.1, -0.05) is 18.2 Å². The minimum absolute atomic E-state index is 0.195. The van der Waals surface area contributed by atoms with Gasteiger partial charge in [0.05, 0.1) is 25.9 Å². The number of piperazine rings is 1. The molecule has 8 nitrogen and oxygen atoms in total. The Bertz CT molecular complexity index is 1550. The second-order valence-corrected chi connectivity index (χ2v) is 10.4. The molecule has 1 saturated heterocycles. The molecule has 0 aliphatic carbocycles. The first-order chi connectivity index (χ1) is 19.4. The van der Waals surface area contributed by atoms with E-state index in [0.717, 1.165) is 71.0 Å². The van der Waals surface area contributed by atoms with Crippen molar-refractivity contribution in [2.75, 3.05) is 45.3 Å². The molecule has 6 rings (SSSR count). The lowest BCUT2D eigenvalue weighted by Crippen LogP contribution is -2.46. The highest BCUT2D eigenvalue weighted by Gasteiger charge is 2.34. The van der Waals surface area contributed by atoms with E-state index in [9.17, 15) is 14.3 Å². The van der Waals surface area contributed by atoms with E-state index in [1.54, 1.807) is 20.3 Å². The van der Waals surface area contributed by atoms with E-state index >= 15 is 0 Å². The predicted molar refractivity (Wildman–Crippen MR) is 152 cm³/mol. The van der Waals surface area contributed by atoms with Crippen molar-refractivity contribution in [3.05, 3.63) is 88.9 Å². The molecule has 40 heavy (non-hydrogen) atoms. The van der Waals surface area contributed by atoms with Gasteiger partial charge < -0.3 is 24.5 Å². The van der Waals surface area contributed by atoms with Gasteiger partial charge in [0.1, 0.15) is 23.4 Å². The number of methoxy groups -OCH3 is 2. The average molecular weight is 545 g/mol. The Hall–Kier alpha value is -4.08. The van der Waals surface area contributed by atoms with E-state index in [2.05, 4.69) is 26.2 Å². The highest BCUT2D eigenvalue weighted by atomic mass is 19.1. The van der Waals surface area contributed by atoms with Crippen LogP contribution in [-0.2, 0) is 17.8 Å². The van der Waals surface area contributed by atoms with Gasteiger partial charge in [0.15, 0.2) is 0 Å². The second kappa shape index (κ2) is 10.8. The van der Waals surface area contributed by atoms with Crippen LogP contribution >= 0.6 is 0 Å². The van der Waals surface area contributed by atoms with Gasteiger partial charge in [-0.05, 0) is 53.6 Å².